The van der Waals surface area contributed by atoms with E-state index in [1.807, 2.05) is 14.0 Å². The van der Waals surface area contributed by atoms with Crippen molar-refractivity contribution >= 4 is 17.3 Å². The number of hydrogen-bond acceptors (Lipinski definition) is 5. The Hall–Kier alpha value is -2.15. The molecular weight excluding hydrogens is 260 g/mol. The number of carbonyl (C=O) groups is 1. The van der Waals surface area contributed by atoms with Crippen molar-refractivity contribution in [2.75, 3.05) is 32.5 Å². The molecule has 0 aliphatic carbocycles. The zero-order valence-electron chi connectivity index (χ0n) is 11.9. The van der Waals surface area contributed by atoms with Gasteiger partial charge in [0.05, 0.1) is 4.92 Å². The highest BCUT2D eigenvalue weighted by Crippen LogP contribution is 2.25. The highest BCUT2D eigenvalue weighted by Gasteiger charge is 2.17. The Kier molecular flexibility index (Phi) is 5.92. The Morgan fingerprint density at radius 2 is 2.05 bits per heavy atom. The van der Waals surface area contributed by atoms with Gasteiger partial charge in [0.15, 0.2) is 0 Å². The van der Waals surface area contributed by atoms with Crippen molar-refractivity contribution in [3.8, 4) is 0 Å². The molecule has 1 aromatic rings. The summed E-state index contributed by atoms with van der Waals surface area (Å²) in [5.74, 6) is -0.0126. The zero-order valence-corrected chi connectivity index (χ0v) is 11.9. The van der Waals surface area contributed by atoms with Crippen LogP contribution < -0.4 is 16.0 Å². The normalized spacial score (nSPS) is 11.8. The maximum absolute atomic E-state index is 11.5. The summed E-state index contributed by atoms with van der Waals surface area (Å²) in [4.78, 5) is 22.1. The van der Waals surface area contributed by atoms with Crippen LogP contribution in [0.4, 0.5) is 11.4 Å². The number of nitro groups is 1. The minimum atomic E-state index is -0.489. The average Bonchev–Trinajstić information content (AvgIpc) is 2.44. The third kappa shape index (κ3) is 4.20. The van der Waals surface area contributed by atoms with Gasteiger partial charge >= 0.3 is 0 Å². The first-order valence-electron chi connectivity index (χ1n) is 6.38. The summed E-state index contributed by atoms with van der Waals surface area (Å²) in [6.45, 7) is 3.46. The highest BCUT2D eigenvalue weighted by molar-refractivity contribution is 5.95. The van der Waals surface area contributed by atoms with Gasteiger partial charge in [-0.2, -0.15) is 0 Å². The van der Waals surface area contributed by atoms with Crippen LogP contribution in [0.2, 0.25) is 0 Å². The van der Waals surface area contributed by atoms with Crippen LogP contribution in [0.25, 0.3) is 0 Å². The molecule has 1 atom stereocenters. The SMILES string of the molecule is CNCC(C)CNc1ccc(C(=O)NC)cc1[N+](=O)[O-]. The predicted octanol–water partition coefficient (Wildman–Crippen LogP) is 1.22. The van der Waals surface area contributed by atoms with E-state index in [1.54, 1.807) is 12.1 Å². The van der Waals surface area contributed by atoms with Gasteiger partial charge < -0.3 is 16.0 Å². The summed E-state index contributed by atoms with van der Waals surface area (Å²) >= 11 is 0. The summed E-state index contributed by atoms with van der Waals surface area (Å²) < 4.78 is 0. The Balaban J connectivity index is 2.90. The van der Waals surface area contributed by atoms with Gasteiger partial charge in [-0.15, -0.1) is 0 Å². The number of nitro benzene ring substituents is 1. The Labute approximate surface area is 117 Å². The van der Waals surface area contributed by atoms with Crippen LogP contribution in [0.3, 0.4) is 0 Å². The van der Waals surface area contributed by atoms with Crippen molar-refractivity contribution in [2.24, 2.45) is 5.92 Å². The fourth-order valence-electron chi connectivity index (χ4n) is 1.82. The molecule has 1 unspecified atom stereocenters. The number of anilines is 1. The molecule has 0 saturated carbocycles. The van der Waals surface area contributed by atoms with Crippen molar-refractivity contribution < 1.29 is 9.72 Å². The lowest BCUT2D eigenvalue weighted by atomic mass is 10.1. The van der Waals surface area contributed by atoms with Crippen molar-refractivity contribution in [3.63, 3.8) is 0 Å². The van der Waals surface area contributed by atoms with Gasteiger partial charge in [-0.05, 0) is 31.6 Å². The maximum atomic E-state index is 11.5. The Morgan fingerprint density at radius 3 is 2.60 bits per heavy atom. The number of nitrogens with one attached hydrogen (secondary N) is 3. The van der Waals surface area contributed by atoms with Crippen LogP contribution in [-0.2, 0) is 0 Å². The van der Waals surface area contributed by atoms with Gasteiger partial charge in [-0.25, -0.2) is 0 Å². The minimum Gasteiger partial charge on any atom is -0.379 e. The molecule has 110 valence electrons. The van der Waals surface area contributed by atoms with E-state index in [4.69, 9.17) is 0 Å². The van der Waals surface area contributed by atoms with E-state index in [-0.39, 0.29) is 17.2 Å². The number of amides is 1. The largest absolute Gasteiger partial charge is 0.379 e. The first-order chi connectivity index (χ1) is 9.49. The molecule has 0 aliphatic heterocycles. The number of benzene rings is 1. The molecule has 1 rings (SSSR count). The molecule has 0 fully saturated rings. The number of rotatable bonds is 7. The summed E-state index contributed by atoms with van der Waals surface area (Å²) in [6, 6.07) is 4.41. The van der Waals surface area contributed by atoms with Crippen LogP contribution >= 0.6 is 0 Å². The van der Waals surface area contributed by atoms with Crippen LogP contribution in [-0.4, -0.2) is 38.0 Å². The number of nitrogens with zero attached hydrogens (tertiary/aromatic N) is 1. The molecule has 7 heteroatoms. The van der Waals surface area contributed by atoms with Crippen LogP contribution in [0.5, 0.6) is 0 Å². The summed E-state index contributed by atoms with van der Waals surface area (Å²) in [5, 5.41) is 19.6. The first kappa shape index (κ1) is 15.9. The smallest absolute Gasteiger partial charge is 0.293 e. The van der Waals surface area contributed by atoms with Gasteiger partial charge in [0.1, 0.15) is 5.69 Å². The van der Waals surface area contributed by atoms with Gasteiger partial charge in [0.2, 0.25) is 0 Å². The van der Waals surface area contributed by atoms with Gasteiger partial charge in [0.25, 0.3) is 11.6 Å². The first-order valence-corrected chi connectivity index (χ1v) is 6.38. The van der Waals surface area contributed by atoms with Crippen LogP contribution in [0.15, 0.2) is 18.2 Å². The molecule has 1 amide bonds. The molecule has 0 saturated heterocycles. The number of carbonyl (C=O) groups excluding carboxylic acids is 1. The molecule has 1 aromatic carbocycles. The van der Waals surface area contributed by atoms with Gasteiger partial charge in [-0.1, -0.05) is 6.92 Å². The highest BCUT2D eigenvalue weighted by atomic mass is 16.6. The minimum absolute atomic E-state index is 0.0947. The van der Waals surface area contributed by atoms with E-state index in [0.717, 1.165) is 6.54 Å². The van der Waals surface area contributed by atoms with E-state index in [0.29, 0.717) is 18.2 Å². The number of hydrogen-bond donors (Lipinski definition) is 3. The lowest BCUT2D eigenvalue weighted by molar-refractivity contribution is -0.384. The van der Waals surface area contributed by atoms with E-state index in [9.17, 15) is 14.9 Å². The molecule has 0 aliphatic rings. The fourth-order valence-corrected chi connectivity index (χ4v) is 1.82. The zero-order chi connectivity index (χ0) is 15.1. The summed E-state index contributed by atoms with van der Waals surface area (Å²) in [7, 11) is 3.34. The Bertz CT molecular complexity index is 491. The van der Waals surface area contributed by atoms with E-state index in [2.05, 4.69) is 16.0 Å². The lowest BCUT2D eigenvalue weighted by Crippen LogP contribution is -2.23. The second-order valence-corrected chi connectivity index (χ2v) is 4.61. The third-order valence-corrected chi connectivity index (χ3v) is 2.88. The maximum Gasteiger partial charge on any atom is 0.293 e. The van der Waals surface area contributed by atoms with E-state index < -0.39 is 4.92 Å². The molecular formula is C13H20N4O3. The van der Waals surface area contributed by atoms with Crippen LogP contribution in [0.1, 0.15) is 17.3 Å². The van der Waals surface area contributed by atoms with Crippen molar-refractivity contribution in [2.45, 2.75) is 6.92 Å². The molecule has 0 heterocycles. The molecule has 0 radical (unpaired) electrons. The fraction of sp³-hybridized carbons (Fsp3) is 0.462. The van der Waals surface area contributed by atoms with Crippen molar-refractivity contribution in [3.05, 3.63) is 33.9 Å². The summed E-state index contributed by atoms with van der Waals surface area (Å²) in [6.07, 6.45) is 0. The molecule has 0 spiro atoms. The van der Waals surface area contributed by atoms with Crippen molar-refractivity contribution in [1.82, 2.24) is 10.6 Å². The third-order valence-electron chi connectivity index (χ3n) is 2.88. The molecule has 0 bridgehead atoms. The predicted molar refractivity (Wildman–Crippen MR) is 78.1 cm³/mol. The molecule has 3 N–H and O–H groups in total. The van der Waals surface area contributed by atoms with Crippen LogP contribution in [0, 0.1) is 16.0 Å². The van der Waals surface area contributed by atoms with E-state index >= 15 is 0 Å². The monoisotopic (exact) mass is 280 g/mol. The second kappa shape index (κ2) is 7.44. The Morgan fingerprint density at radius 1 is 1.35 bits per heavy atom. The lowest BCUT2D eigenvalue weighted by Gasteiger charge is -2.13. The topological polar surface area (TPSA) is 96.3 Å². The average molecular weight is 280 g/mol. The van der Waals surface area contributed by atoms with Crippen molar-refractivity contribution in [1.29, 1.82) is 0 Å². The van der Waals surface area contributed by atoms with Gasteiger partial charge in [0, 0.05) is 25.2 Å². The van der Waals surface area contributed by atoms with E-state index in [1.165, 1.54) is 13.1 Å². The second-order valence-electron chi connectivity index (χ2n) is 4.61. The van der Waals surface area contributed by atoms with Gasteiger partial charge in [-0.3, -0.25) is 14.9 Å². The standard InChI is InChI=1S/C13H20N4O3/c1-9(7-14-2)8-16-11-5-4-10(13(18)15-3)6-12(11)17(19)20/h4-6,9,14,16H,7-8H2,1-3H3,(H,15,18). The molecule has 20 heavy (non-hydrogen) atoms. The molecule has 0 aromatic heterocycles. The summed E-state index contributed by atoms with van der Waals surface area (Å²) in [5.41, 5.74) is 0.599. The molecule has 7 nitrogen and oxygen atoms in total. The quantitative estimate of drug-likeness (QED) is 0.515.